The Hall–Kier alpha value is -2.77. The molecule has 28 heavy (non-hydrogen) atoms. The fraction of sp³-hybridized carbons (Fsp3) is 0.500. The van der Waals surface area contributed by atoms with Crippen molar-refractivity contribution in [3.63, 3.8) is 0 Å². The van der Waals surface area contributed by atoms with Crippen LogP contribution in [-0.4, -0.2) is 42.8 Å². The highest BCUT2D eigenvalue weighted by molar-refractivity contribution is 5.95. The summed E-state index contributed by atoms with van der Waals surface area (Å²) in [5.74, 6) is -0.396. The van der Waals surface area contributed by atoms with Gasteiger partial charge in [-0.05, 0) is 26.8 Å². The highest BCUT2D eigenvalue weighted by Crippen LogP contribution is 2.46. The number of rotatable bonds is 3. The van der Waals surface area contributed by atoms with Gasteiger partial charge in [0, 0.05) is 37.6 Å². The molecular weight excluding hydrogens is 367 g/mol. The minimum Gasteiger partial charge on any atom is -0.497 e. The maximum Gasteiger partial charge on any atom is 0.413 e. The number of hydrogen-bond donors (Lipinski definition) is 1. The second-order valence-corrected chi connectivity index (χ2v) is 7.98. The molecule has 8 heteroatoms. The summed E-state index contributed by atoms with van der Waals surface area (Å²) in [6.07, 6.45) is 0.169. The van der Waals surface area contributed by atoms with Gasteiger partial charge in [0.25, 0.3) is 0 Å². The van der Waals surface area contributed by atoms with Crippen LogP contribution in [0.5, 0.6) is 5.75 Å². The van der Waals surface area contributed by atoms with E-state index >= 15 is 0 Å². The first-order valence-corrected chi connectivity index (χ1v) is 9.10. The van der Waals surface area contributed by atoms with Crippen molar-refractivity contribution in [3.05, 3.63) is 41.5 Å². The van der Waals surface area contributed by atoms with E-state index in [4.69, 9.17) is 14.2 Å². The number of hydrogen-bond acceptors (Lipinski definition) is 6. The quantitative estimate of drug-likeness (QED) is 0.796. The van der Waals surface area contributed by atoms with E-state index in [0.29, 0.717) is 31.8 Å². The Morgan fingerprint density at radius 1 is 1.32 bits per heavy atom. The molecular formula is C20H25FN2O5. The molecule has 0 unspecified atom stereocenters. The number of ether oxygens (including phenoxy) is 3. The SMILES string of the molecule is C=C(NC(=O)OC(C)(C)C)N1CCC2(CC1)OC(=O)c1cc(OC)cc(F)c12. The van der Waals surface area contributed by atoms with Crippen LogP contribution < -0.4 is 10.1 Å². The number of halogens is 1. The van der Waals surface area contributed by atoms with Gasteiger partial charge in [0.15, 0.2) is 0 Å². The van der Waals surface area contributed by atoms with Gasteiger partial charge in [-0.25, -0.2) is 14.0 Å². The van der Waals surface area contributed by atoms with Crippen molar-refractivity contribution in [1.29, 1.82) is 0 Å². The third-order valence-corrected chi connectivity index (χ3v) is 4.86. The number of benzene rings is 1. The predicted octanol–water partition coefficient (Wildman–Crippen LogP) is 3.29. The van der Waals surface area contributed by atoms with E-state index in [1.54, 1.807) is 20.8 Å². The standard InChI is InChI=1S/C20H25FN2O5/c1-12(22-18(25)28-19(2,3)4)23-8-6-20(7-9-23)16-14(17(24)27-20)10-13(26-5)11-15(16)21/h10-11H,1,6-9H2,2-5H3,(H,22,25). The number of likely N-dealkylation sites (tertiary alicyclic amines) is 1. The number of alkyl carbamates (subject to hydrolysis) is 1. The summed E-state index contributed by atoms with van der Waals surface area (Å²) in [6, 6.07) is 2.77. The first-order chi connectivity index (χ1) is 13.0. The molecule has 1 fully saturated rings. The molecule has 0 atom stereocenters. The highest BCUT2D eigenvalue weighted by atomic mass is 19.1. The fourth-order valence-electron chi connectivity index (χ4n) is 3.60. The molecule has 0 bridgehead atoms. The van der Waals surface area contributed by atoms with Crippen LogP contribution in [0.4, 0.5) is 9.18 Å². The minimum atomic E-state index is -1.01. The molecule has 1 N–H and O–H groups in total. The van der Waals surface area contributed by atoms with E-state index in [2.05, 4.69) is 11.9 Å². The van der Waals surface area contributed by atoms with E-state index in [-0.39, 0.29) is 16.9 Å². The van der Waals surface area contributed by atoms with Crippen molar-refractivity contribution in [2.75, 3.05) is 20.2 Å². The lowest BCUT2D eigenvalue weighted by Gasteiger charge is -2.40. The molecule has 1 aromatic carbocycles. The van der Waals surface area contributed by atoms with Gasteiger partial charge in [-0.3, -0.25) is 5.32 Å². The molecule has 1 saturated heterocycles. The summed E-state index contributed by atoms with van der Waals surface area (Å²) in [6.45, 7) is 10.1. The summed E-state index contributed by atoms with van der Waals surface area (Å²) in [7, 11) is 1.42. The van der Waals surface area contributed by atoms with Gasteiger partial charge in [-0.15, -0.1) is 0 Å². The van der Waals surface area contributed by atoms with Gasteiger partial charge in [-0.2, -0.15) is 0 Å². The van der Waals surface area contributed by atoms with Crippen LogP contribution in [0.3, 0.4) is 0 Å². The molecule has 7 nitrogen and oxygen atoms in total. The molecule has 1 spiro atoms. The Balaban J connectivity index is 1.70. The van der Waals surface area contributed by atoms with Gasteiger partial charge in [0.2, 0.25) is 0 Å². The van der Waals surface area contributed by atoms with Crippen LogP contribution in [-0.2, 0) is 15.1 Å². The van der Waals surface area contributed by atoms with Crippen LogP contribution in [0.25, 0.3) is 0 Å². The second kappa shape index (κ2) is 7.00. The van der Waals surface area contributed by atoms with E-state index in [0.717, 1.165) is 0 Å². The Kier molecular flexibility index (Phi) is 4.99. The molecule has 0 aromatic heterocycles. The molecule has 1 aromatic rings. The second-order valence-electron chi connectivity index (χ2n) is 7.98. The van der Waals surface area contributed by atoms with Gasteiger partial charge >= 0.3 is 12.1 Å². The number of nitrogens with one attached hydrogen (secondary N) is 1. The Morgan fingerprint density at radius 3 is 2.54 bits per heavy atom. The maximum absolute atomic E-state index is 14.7. The molecule has 2 aliphatic rings. The van der Waals surface area contributed by atoms with Crippen LogP contribution in [0.15, 0.2) is 24.5 Å². The number of nitrogens with zero attached hydrogens (tertiary/aromatic N) is 1. The van der Waals surface area contributed by atoms with E-state index < -0.39 is 29.1 Å². The third kappa shape index (κ3) is 3.76. The van der Waals surface area contributed by atoms with Crippen LogP contribution in [0.2, 0.25) is 0 Å². The van der Waals surface area contributed by atoms with Crippen molar-refractivity contribution in [3.8, 4) is 5.75 Å². The first-order valence-electron chi connectivity index (χ1n) is 9.10. The van der Waals surface area contributed by atoms with Gasteiger partial charge < -0.3 is 19.1 Å². The van der Waals surface area contributed by atoms with E-state index in [9.17, 15) is 14.0 Å². The summed E-state index contributed by atoms with van der Waals surface area (Å²) in [4.78, 5) is 26.1. The van der Waals surface area contributed by atoms with Gasteiger partial charge in [-0.1, -0.05) is 6.58 Å². The zero-order chi connectivity index (χ0) is 20.7. The molecule has 2 heterocycles. The van der Waals surface area contributed by atoms with E-state index in [1.165, 1.54) is 19.2 Å². The average molecular weight is 392 g/mol. The van der Waals surface area contributed by atoms with Crippen molar-refractivity contribution < 1.29 is 28.2 Å². The van der Waals surface area contributed by atoms with Gasteiger partial charge in [0.05, 0.1) is 12.7 Å². The topological polar surface area (TPSA) is 77.1 Å². The van der Waals surface area contributed by atoms with Crippen LogP contribution >= 0.6 is 0 Å². The number of amides is 1. The normalized spacial score (nSPS) is 17.8. The van der Waals surface area contributed by atoms with Gasteiger partial charge in [0.1, 0.15) is 28.6 Å². The number of methoxy groups -OCH3 is 1. The molecule has 152 valence electrons. The fourth-order valence-corrected chi connectivity index (χ4v) is 3.60. The molecule has 2 aliphatic heterocycles. The lowest BCUT2D eigenvalue weighted by molar-refractivity contribution is -0.0404. The smallest absolute Gasteiger partial charge is 0.413 e. The summed E-state index contributed by atoms with van der Waals surface area (Å²) in [5.41, 5.74) is -1.14. The predicted molar refractivity (Wildman–Crippen MR) is 99.4 cm³/mol. The molecule has 0 saturated carbocycles. The monoisotopic (exact) mass is 392 g/mol. The third-order valence-electron chi connectivity index (χ3n) is 4.86. The average Bonchev–Trinajstić information content (AvgIpc) is 2.85. The number of carbonyl (C=O) groups excluding carboxylic acids is 2. The van der Waals surface area contributed by atoms with Crippen LogP contribution in [0.1, 0.15) is 49.5 Å². The zero-order valence-corrected chi connectivity index (χ0v) is 16.6. The largest absolute Gasteiger partial charge is 0.497 e. The lowest BCUT2D eigenvalue weighted by Crippen LogP contribution is -2.46. The number of fused-ring (bicyclic) bond motifs is 2. The highest BCUT2D eigenvalue weighted by Gasteiger charge is 2.49. The number of piperidine rings is 1. The minimum absolute atomic E-state index is 0.205. The van der Waals surface area contributed by atoms with Crippen molar-refractivity contribution in [2.24, 2.45) is 0 Å². The van der Waals surface area contributed by atoms with E-state index in [1.807, 2.05) is 4.90 Å². The molecule has 3 rings (SSSR count). The molecule has 0 radical (unpaired) electrons. The Bertz CT molecular complexity index is 823. The Labute approximate surface area is 163 Å². The zero-order valence-electron chi connectivity index (χ0n) is 16.6. The maximum atomic E-state index is 14.7. The van der Waals surface area contributed by atoms with Crippen molar-refractivity contribution >= 4 is 12.1 Å². The summed E-state index contributed by atoms with van der Waals surface area (Å²) < 4.78 is 30.6. The molecule has 1 amide bonds. The summed E-state index contributed by atoms with van der Waals surface area (Å²) >= 11 is 0. The lowest BCUT2D eigenvalue weighted by atomic mass is 9.83. The molecule has 0 aliphatic carbocycles. The van der Waals surface area contributed by atoms with Crippen LogP contribution in [0, 0.1) is 5.82 Å². The van der Waals surface area contributed by atoms with Crippen molar-refractivity contribution in [2.45, 2.75) is 44.8 Å². The Morgan fingerprint density at radius 2 is 1.96 bits per heavy atom. The number of esters is 1. The van der Waals surface area contributed by atoms with Crippen molar-refractivity contribution in [1.82, 2.24) is 10.2 Å². The number of carbonyl (C=O) groups is 2. The first kappa shape index (κ1) is 20.0. The summed E-state index contributed by atoms with van der Waals surface area (Å²) in [5, 5.41) is 2.61.